The lowest BCUT2D eigenvalue weighted by Gasteiger charge is -2.24. The molecule has 1 N–H and O–H groups in total. The van der Waals surface area contributed by atoms with Crippen LogP contribution in [0.5, 0.6) is 0 Å². The fourth-order valence-corrected chi connectivity index (χ4v) is 4.28. The van der Waals surface area contributed by atoms with Gasteiger partial charge in [0.15, 0.2) is 0 Å². The van der Waals surface area contributed by atoms with Crippen molar-refractivity contribution in [1.82, 2.24) is 5.32 Å². The number of hydrogen-bond donors (Lipinski definition) is 1. The predicted molar refractivity (Wildman–Crippen MR) is 120 cm³/mol. The highest BCUT2D eigenvalue weighted by Gasteiger charge is 2.20. The molecule has 5 nitrogen and oxygen atoms in total. The Morgan fingerprint density at radius 3 is 2.28 bits per heavy atom. The average Bonchev–Trinajstić information content (AvgIpc) is 2.62. The van der Waals surface area contributed by atoms with Gasteiger partial charge in [0.1, 0.15) is 0 Å². The van der Waals surface area contributed by atoms with Crippen LogP contribution in [-0.2, 0) is 14.8 Å². The van der Waals surface area contributed by atoms with Crippen LogP contribution < -0.4 is 9.62 Å². The van der Waals surface area contributed by atoms with Crippen LogP contribution >= 0.6 is 0 Å². The van der Waals surface area contributed by atoms with Gasteiger partial charge in [0, 0.05) is 13.0 Å². The maximum Gasteiger partial charge on any atom is 0.232 e. The molecule has 0 saturated carbocycles. The van der Waals surface area contributed by atoms with Gasteiger partial charge >= 0.3 is 0 Å². The van der Waals surface area contributed by atoms with Gasteiger partial charge in [-0.15, -0.1) is 0 Å². The van der Waals surface area contributed by atoms with E-state index in [0.717, 1.165) is 16.7 Å². The number of benzene rings is 2. The third-order valence-corrected chi connectivity index (χ3v) is 6.39. The first kappa shape index (κ1) is 22.9. The molecule has 0 saturated heterocycles. The van der Waals surface area contributed by atoms with E-state index in [9.17, 15) is 13.2 Å². The number of amides is 1. The van der Waals surface area contributed by atoms with E-state index in [0.29, 0.717) is 12.1 Å². The van der Waals surface area contributed by atoms with Crippen LogP contribution in [0.3, 0.4) is 0 Å². The lowest BCUT2D eigenvalue weighted by atomic mass is 10.0. The summed E-state index contributed by atoms with van der Waals surface area (Å²) in [6.45, 7) is 10.2. The van der Waals surface area contributed by atoms with Gasteiger partial charge in [-0.1, -0.05) is 30.3 Å². The van der Waals surface area contributed by atoms with Crippen molar-refractivity contribution < 1.29 is 13.2 Å². The summed E-state index contributed by atoms with van der Waals surface area (Å²) in [7, 11) is -3.43. The maximum absolute atomic E-state index is 12.4. The summed E-state index contributed by atoms with van der Waals surface area (Å²) < 4.78 is 26.0. The summed E-state index contributed by atoms with van der Waals surface area (Å²) in [4.78, 5) is 12.4. The van der Waals surface area contributed by atoms with Gasteiger partial charge in [-0.3, -0.25) is 9.10 Å². The number of aryl methyl sites for hydroxylation is 4. The molecule has 2 aromatic carbocycles. The number of rotatable bonds is 8. The molecule has 29 heavy (non-hydrogen) atoms. The van der Waals surface area contributed by atoms with Crippen molar-refractivity contribution in [3.8, 4) is 0 Å². The Labute approximate surface area is 175 Å². The minimum atomic E-state index is -3.43. The molecule has 0 bridgehead atoms. The molecule has 0 aliphatic carbocycles. The first-order valence-corrected chi connectivity index (χ1v) is 11.8. The molecule has 0 fully saturated rings. The summed E-state index contributed by atoms with van der Waals surface area (Å²) in [6.07, 6.45) is 1.93. The smallest absolute Gasteiger partial charge is 0.232 e. The lowest BCUT2D eigenvalue weighted by molar-refractivity contribution is -0.121. The van der Waals surface area contributed by atoms with E-state index in [-0.39, 0.29) is 24.9 Å². The number of carbonyl (C=O) groups is 1. The van der Waals surface area contributed by atoms with E-state index < -0.39 is 10.0 Å². The number of carbonyl (C=O) groups excluding carboxylic acids is 1. The second kappa shape index (κ2) is 9.44. The Morgan fingerprint density at radius 2 is 1.66 bits per heavy atom. The van der Waals surface area contributed by atoms with E-state index in [1.54, 1.807) is 0 Å². The van der Waals surface area contributed by atoms with Crippen LogP contribution in [0.2, 0.25) is 0 Å². The molecule has 0 aliphatic rings. The molecule has 2 rings (SSSR count). The standard InChI is InChI=1S/C23H32N2O3S/c1-16-9-10-18(3)22(14-16)25(29(6,27)28)13-7-8-23(26)24-20(5)21-12-11-17(2)19(4)15-21/h9-12,14-15,20H,7-8,13H2,1-6H3,(H,24,26)/t20-/m0/s1. The molecule has 1 atom stereocenters. The fourth-order valence-electron chi connectivity index (χ4n) is 3.27. The molecule has 2 aromatic rings. The molecular weight excluding hydrogens is 384 g/mol. The Kier molecular flexibility index (Phi) is 7.47. The topological polar surface area (TPSA) is 66.5 Å². The Hall–Kier alpha value is -2.34. The summed E-state index contributed by atoms with van der Waals surface area (Å²) >= 11 is 0. The maximum atomic E-state index is 12.4. The van der Waals surface area contributed by atoms with Crippen molar-refractivity contribution in [1.29, 1.82) is 0 Å². The molecule has 6 heteroatoms. The van der Waals surface area contributed by atoms with Crippen molar-refractivity contribution in [2.45, 2.75) is 53.5 Å². The molecule has 0 heterocycles. The number of hydrogen-bond acceptors (Lipinski definition) is 3. The highest BCUT2D eigenvalue weighted by atomic mass is 32.2. The second-order valence-corrected chi connectivity index (χ2v) is 9.77. The zero-order valence-electron chi connectivity index (χ0n) is 18.2. The molecule has 1 amide bonds. The van der Waals surface area contributed by atoms with Crippen molar-refractivity contribution in [2.75, 3.05) is 17.1 Å². The quantitative estimate of drug-likeness (QED) is 0.696. The van der Waals surface area contributed by atoms with Crippen LogP contribution in [0, 0.1) is 27.7 Å². The van der Waals surface area contributed by atoms with Gasteiger partial charge in [0.05, 0.1) is 18.0 Å². The third-order valence-electron chi connectivity index (χ3n) is 5.21. The van der Waals surface area contributed by atoms with Crippen LogP contribution in [0.4, 0.5) is 5.69 Å². The number of nitrogens with one attached hydrogen (secondary N) is 1. The van der Waals surface area contributed by atoms with Gasteiger partial charge in [0.25, 0.3) is 0 Å². The Morgan fingerprint density at radius 1 is 1.00 bits per heavy atom. The first-order valence-electron chi connectivity index (χ1n) is 9.90. The number of anilines is 1. The highest BCUT2D eigenvalue weighted by Crippen LogP contribution is 2.24. The SMILES string of the molecule is Cc1ccc(C)c(N(CCCC(=O)N[C@@H](C)c2ccc(C)c(C)c2)S(C)(=O)=O)c1. The summed E-state index contributed by atoms with van der Waals surface area (Å²) in [5, 5.41) is 3.01. The minimum absolute atomic E-state index is 0.0786. The van der Waals surface area contributed by atoms with E-state index in [4.69, 9.17) is 0 Å². The molecule has 0 aliphatic heterocycles. The molecule has 0 radical (unpaired) electrons. The van der Waals surface area contributed by atoms with Gasteiger partial charge in [-0.05, 0) is 74.9 Å². The molecule has 0 aromatic heterocycles. The molecule has 0 spiro atoms. The van der Waals surface area contributed by atoms with Crippen molar-refractivity contribution in [3.63, 3.8) is 0 Å². The van der Waals surface area contributed by atoms with Crippen LogP contribution in [0.25, 0.3) is 0 Å². The number of nitrogens with zero attached hydrogens (tertiary/aromatic N) is 1. The predicted octanol–water partition coefficient (Wildman–Crippen LogP) is 4.34. The zero-order valence-corrected chi connectivity index (χ0v) is 19.1. The van der Waals surface area contributed by atoms with E-state index in [2.05, 4.69) is 31.3 Å². The van der Waals surface area contributed by atoms with E-state index in [1.165, 1.54) is 21.7 Å². The number of sulfonamides is 1. The second-order valence-electron chi connectivity index (χ2n) is 7.86. The third kappa shape index (κ3) is 6.32. The van der Waals surface area contributed by atoms with E-state index in [1.807, 2.05) is 45.0 Å². The van der Waals surface area contributed by atoms with Crippen LogP contribution in [-0.4, -0.2) is 27.1 Å². The summed E-state index contributed by atoms with van der Waals surface area (Å²) in [5.41, 5.74) is 6.06. The summed E-state index contributed by atoms with van der Waals surface area (Å²) in [5.74, 6) is -0.0786. The Balaban J connectivity index is 1.99. The van der Waals surface area contributed by atoms with Crippen molar-refractivity contribution >= 4 is 21.6 Å². The van der Waals surface area contributed by atoms with E-state index >= 15 is 0 Å². The fraction of sp³-hybridized carbons (Fsp3) is 0.435. The monoisotopic (exact) mass is 416 g/mol. The average molecular weight is 417 g/mol. The summed E-state index contributed by atoms with van der Waals surface area (Å²) in [6, 6.07) is 11.8. The van der Waals surface area contributed by atoms with Crippen LogP contribution in [0.1, 0.15) is 53.6 Å². The highest BCUT2D eigenvalue weighted by molar-refractivity contribution is 7.92. The molecule has 158 valence electrons. The van der Waals surface area contributed by atoms with Gasteiger partial charge in [-0.25, -0.2) is 8.42 Å². The Bertz CT molecular complexity index is 984. The van der Waals surface area contributed by atoms with Crippen molar-refractivity contribution in [2.24, 2.45) is 0 Å². The van der Waals surface area contributed by atoms with Crippen molar-refractivity contribution in [3.05, 3.63) is 64.2 Å². The zero-order chi connectivity index (χ0) is 21.8. The van der Waals surface area contributed by atoms with Gasteiger partial charge < -0.3 is 5.32 Å². The minimum Gasteiger partial charge on any atom is -0.350 e. The van der Waals surface area contributed by atoms with Gasteiger partial charge in [-0.2, -0.15) is 0 Å². The molecular formula is C23H32N2O3S. The molecule has 0 unspecified atom stereocenters. The van der Waals surface area contributed by atoms with Gasteiger partial charge in [0.2, 0.25) is 15.9 Å². The normalized spacial score (nSPS) is 12.5. The first-order chi connectivity index (χ1) is 13.5. The largest absolute Gasteiger partial charge is 0.350 e. The lowest BCUT2D eigenvalue weighted by Crippen LogP contribution is -2.33. The van der Waals surface area contributed by atoms with Crippen LogP contribution in [0.15, 0.2) is 36.4 Å².